The van der Waals surface area contributed by atoms with Gasteiger partial charge in [0.1, 0.15) is 5.15 Å². The van der Waals surface area contributed by atoms with Crippen LogP contribution in [-0.2, 0) is 5.92 Å². The maximum absolute atomic E-state index is 13.7. The molecule has 1 fully saturated rings. The molecule has 0 spiro atoms. The minimum Gasteiger partial charge on any atom is -0.352 e. The zero-order valence-corrected chi connectivity index (χ0v) is 16.5. The second kappa shape index (κ2) is 6.89. The maximum Gasteiger partial charge on any atom is 0.303 e. The van der Waals surface area contributed by atoms with Crippen molar-refractivity contribution >= 4 is 28.3 Å². The van der Waals surface area contributed by atoms with E-state index in [2.05, 4.69) is 38.7 Å². The van der Waals surface area contributed by atoms with Crippen molar-refractivity contribution in [1.29, 1.82) is 0 Å². The molecule has 1 saturated heterocycles. The van der Waals surface area contributed by atoms with Crippen LogP contribution >= 0.6 is 11.6 Å². The number of likely N-dealkylation sites (N-methyl/N-ethyl adjacent to an activating group) is 1. The van der Waals surface area contributed by atoms with E-state index in [0.717, 1.165) is 37.8 Å². The Hall–Kier alpha value is -2.39. The van der Waals surface area contributed by atoms with Crippen molar-refractivity contribution < 1.29 is 8.78 Å². The molecule has 28 heavy (non-hydrogen) atoms. The van der Waals surface area contributed by atoms with E-state index < -0.39 is 11.7 Å². The lowest BCUT2D eigenvalue weighted by atomic mass is 10.2. The number of hydrogen-bond acceptors (Lipinski definition) is 6. The van der Waals surface area contributed by atoms with Crippen molar-refractivity contribution in [3.05, 3.63) is 35.5 Å². The lowest BCUT2D eigenvalue weighted by Crippen LogP contribution is -2.50. The van der Waals surface area contributed by atoms with Crippen molar-refractivity contribution in [2.45, 2.75) is 25.8 Å². The molecule has 1 aliphatic rings. The Morgan fingerprint density at radius 1 is 1.25 bits per heavy atom. The molecule has 0 amide bonds. The minimum absolute atomic E-state index is 0.257. The lowest BCUT2D eigenvalue weighted by molar-refractivity contribution is 0.00763. The van der Waals surface area contributed by atoms with Crippen molar-refractivity contribution in [1.82, 2.24) is 29.6 Å². The first-order valence-electron chi connectivity index (χ1n) is 8.95. The van der Waals surface area contributed by atoms with Gasteiger partial charge in [-0.1, -0.05) is 11.6 Å². The van der Waals surface area contributed by atoms with Crippen LogP contribution < -0.4 is 4.90 Å². The third kappa shape index (κ3) is 3.40. The zero-order chi connectivity index (χ0) is 20.1. The van der Waals surface area contributed by atoms with Gasteiger partial charge in [-0.2, -0.15) is 8.78 Å². The third-order valence-electron chi connectivity index (χ3n) is 5.02. The summed E-state index contributed by atoms with van der Waals surface area (Å²) in [4.78, 5) is 16.4. The van der Waals surface area contributed by atoms with Gasteiger partial charge in [0, 0.05) is 57.1 Å². The summed E-state index contributed by atoms with van der Waals surface area (Å²) in [7, 11) is 2.09. The number of nitrogens with zero attached hydrogens (tertiary/aromatic N) is 7. The van der Waals surface area contributed by atoms with Gasteiger partial charge in [-0.3, -0.25) is 0 Å². The molecule has 1 aliphatic heterocycles. The molecule has 1 unspecified atom stereocenters. The Kier molecular flexibility index (Phi) is 4.67. The number of pyridine rings is 1. The van der Waals surface area contributed by atoms with Crippen LogP contribution in [0, 0.1) is 0 Å². The van der Waals surface area contributed by atoms with E-state index in [1.165, 1.54) is 10.9 Å². The van der Waals surface area contributed by atoms with Gasteiger partial charge >= 0.3 is 5.92 Å². The molecule has 0 N–H and O–H groups in total. The van der Waals surface area contributed by atoms with Crippen LogP contribution in [0.15, 0.2) is 24.5 Å². The summed E-state index contributed by atoms with van der Waals surface area (Å²) < 4.78 is 28.9. The number of anilines is 1. The largest absolute Gasteiger partial charge is 0.352 e. The highest BCUT2D eigenvalue weighted by Crippen LogP contribution is 2.31. The van der Waals surface area contributed by atoms with Gasteiger partial charge in [-0.25, -0.2) is 19.6 Å². The fraction of sp³-hybridized carbons (Fsp3) is 0.444. The molecule has 10 heteroatoms. The highest BCUT2D eigenvalue weighted by molar-refractivity contribution is 6.30. The summed E-state index contributed by atoms with van der Waals surface area (Å²) in [5.74, 6) is -2.70. The zero-order valence-electron chi connectivity index (χ0n) is 15.8. The summed E-state index contributed by atoms with van der Waals surface area (Å²) in [5, 5.41) is 5.79. The monoisotopic (exact) mass is 407 g/mol. The van der Waals surface area contributed by atoms with Crippen LogP contribution in [0.2, 0.25) is 5.15 Å². The molecular formula is C18H20ClF2N7. The summed E-state index contributed by atoms with van der Waals surface area (Å²) in [6.45, 7) is 5.42. The normalized spacial score (nSPS) is 18.8. The Labute approximate surface area is 166 Å². The van der Waals surface area contributed by atoms with Gasteiger partial charge in [-0.05, 0) is 14.0 Å². The average molecular weight is 408 g/mol. The number of fused-ring (bicyclic) bond motifs is 1. The van der Waals surface area contributed by atoms with E-state index in [1.54, 1.807) is 18.3 Å². The third-order valence-corrected chi connectivity index (χ3v) is 5.23. The van der Waals surface area contributed by atoms with E-state index in [9.17, 15) is 8.78 Å². The van der Waals surface area contributed by atoms with Crippen LogP contribution in [-0.4, -0.2) is 62.4 Å². The van der Waals surface area contributed by atoms with E-state index in [-0.39, 0.29) is 5.82 Å². The molecule has 4 rings (SSSR count). The van der Waals surface area contributed by atoms with Crippen LogP contribution in [0.25, 0.3) is 16.7 Å². The number of hydrogen-bond donors (Lipinski definition) is 0. The van der Waals surface area contributed by atoms with Crippen LogP contribution in [0.5, 0.6) is 0 Å². The lowest BCUT2D eigenvalue weighted by Gasteiger charge is -2.37. The van der Waals surface area contributed by atoms with Crippen molar-refractivity contribution in [3.63, 3.8) is 0 Å². The highest BCUT2D eigenvalue weighted by atomic mass is 35.5. The first kappa shape index (κ1) is 18.9. The van der Waals surface area contributed by atoms with E-state index >= 15 is 0 Å². The van der Waals surface area contributed by atoms with Gasteiger partial charge in [0.15, 0.2) is 11.6 Å². The molecule has 0 aromatic carbocycles. The number of alkyl halides is 2. The second-order valence-electron chi connectivity index (χ2n) is 7.16. The Balaban J connectivity index is 1.85. The standard InChI is InChI=1S/C18H20ClF2N7/c1-11-10-27(7-6-26(11)3)16-12-9-23-14(19)8-13(12)28(25-16)15-4-5-22-17(24-15)18(2,20)21/h4-5,8-9,11H,6-7,10H2,1-3H3. The molecule has 7 nitrogen and oxygen atoms in total. The van der Waals surface area contributed by atoms with Crippen molar-refractivity contribution in [2.24, 2.45) is 0 Å². The van der Waals surface area contributed by atoms with Crippen molar-refractivity contribution in [3.8, 4) is 5.82 Å². The van der Waals surface area contributed by atoms with Crippen molar-refractivity contribution in [2.75, 3.05) is 31.6 Å². The SMILES string of the molecule is CC1CN(c2nn(-c3ccnc(C(C)(F)F)n3)c3cc(Cl)ncc23)CCN1C. The molecule has 0 saturated carbocycles. The molecule has 0 aliphatic carbocycles. The van der Waals surface area contributed by atoms with Crippen LogP contribution in [0.3, 0.4) is 0 Å². The Bertz CT molecular complexity index is 1020. The first-order valence-corrected chi connectivity index (χ1v) is 9.33. The van der Waals surface area contributed by atoms with Gasteiger partial charge in [0.2, 0.25) is 5.82 Å². The number of rotatable bonds is 3. The van der Waals surface area contributed by atoms with Gasteiger partial charge in [0.25, 0.3) is 0 Å². The molecule has 3 aromatic rings. The van der Waals surface area contributed by atoms with Gasteiger partial charge in [0.05, 0.1) is 10.9 Å². The van der Waals surface area contributed by atoms with E-state index in [1.807, 2.05) is 0 Å². The van der Waals surface area contributed by atoms with Gasteiger partial charge in [-0.15, -0.1) is 5.10 Å². The summed E-state index contributed by atoms with van der Waals surface area (Å²) >= 11 is 6.09. The first-order chi connectivity index (χ1) is 13.2. The predicted molar refractivity (Wildman–Crippen MR) is 103 cm³/mol. The maximum atomic E-state index is 13.7. The summed E-state index contributed by atoms with van der Waals surface area (Å²) in [6.07, 6.45) is 2.97. The average Bonchev–Trinajstić information content (AvgIpc) is 3.02. The molecule has 0 bridgehead atoms. The van der Waals surface area contributed by atoms with E-state index in [0.29, 0.717) is 16.7 Å². The van der Waals surface area contributed by atoms with Crippen LogP contribution in [0.4, 0.5) is 14.6 Å². The molecule has 3 aromatic heterocycles. The van der Waals surface area contributed by atoms with Gasteiger partial charge < -0.3 is 9.80 Å². The Morgan fingerprint density at radius 3 is 2.75 bits per heavy atom. The Morgan fingerprint density at radius 2 is 2.04 bits per heavy atom. The second-order valence-corrected chi connectivity index (χ2v) is 7.55. The minimum atomic E-state index is -3.14. The molecular weight excluding hydrogens is 388 g/mol. The number of aromatic nitrogens is 5. The number of piperazine rings is 1. The molecule has 0 radical (unpaired) electrons. The predicted octanol–water partition coefficient (Wildman–Crippen LogP) is 3.12. The molecule has 4 heterocycles. The highest BCUT2D eigenvalue weighted by Gasteiger charge is 2.29. The fourth-order valence-corrected chi connectivity index (χ4v) is 3.45. The fourth-order valence-electron chi connectivity index (χ4n) is 3.30. The topological polar surface area (TPSA) is 63.0 Å². The molecule has 1 atom stereocenters. The summed E-state index contributed by atoms with van der Waals surface area (Å²) in [6, 6.07) is 3.57. The number of halogens is 3. The van der Waals surface area contributed by atoms with Crippen LogP contribution in [0.1, 0.15) is 19.7 Å². The summed E-state index contributed by atoms with van der Waals surface area (Å²) in [5.41, 5.74) is 0.658. The van der Waals surface area contributed by atoms with E-state index in [4.69, 9.17) is 16.7 Å². The molecule has 148 valence electrons. The quantitative estimate of drug-likeness (QED) is 0.622. The smallest absolute Gasteiger partial charge is 0.303 e.